The summed E-state index contributed by atoms with van der Waals surface area (Å²) in [5.74, 6) is -1.10. The van der Waals surface area contributed by atoms with E-state index in [0.717, 1.165) is 0 Å². The van der Waals surface area contributed by atoms with Gasteiger partial charge in [0.2, 0.25) is 0 Å². The molecule has 1 heterocycles. The van der Waals surface area contributed by atoms with Gasteiger partial charge in [-0.25, -0.2) is 4.79 Å². The van der Waals surface area contributed by atoms with Gasteiger partial charge in [0.05, 0.1) is 0 Å². The van der Waals surface area contributed by atoms with E-state index < -0.39 is 29.9 Å². The van der Waals surface area contributed by atoms with E-state index in [1.807, 2.05) is 0 Å². The molecule has 1 unspecified atom stereocenters. The fourth-order valence-corrected chi connectivity index (χ4v) is 2.95. The molecule has 0 bridgehead atoms. The molecule has 2 rings (SSSR count). The van der Waals surface area contributed by atoms with Gasteiger partial charge in [0, 0.05) is 13.1 Å². The van der Waals surface area contributed by atoms with Gasteiger partial charge < -0.3 is 22.6 Å². The molecule has 1 saturated heterocycles. The van der Waals surface area contributed by atoms with Crippen molar-refractivity contribution in [3.8, 4) is 0 Å². The maximum atomic E-state index is 12.7. The Bertz CT molecular complexity index is 376. The van der Waals surface area contributed by atoms with Gasteiger partial charge in [-0.15, -0.1) is 0 Å². The van der Waals surface area contributed by atoms with Gasteiger partial charge in [-0.2, -0.15) is 0 Å². The molecule has 1 saturated carbocycles. The van der Waals surface area contributed by atoms with Crippen molar-refractivity contribution in [2.24, 2.45) is 5.41 Å². The maximum Gasteiger partial charge on any atom is 1.00 e. The zero-order chi connectivity index (χ0) is 14.5. The van der Waals surface area contributed by atoms with E-state index in [4.69, 9.17) is 4.74 Å². The first-order chi connectivity index (χ1) is 8.54. The summed E-state index contributed by atoms with van der Waals surface area (Å²) < 4.78 is 43.3. The number of carbonyl (C=O) groups excluding carboxylic acids is 1. The predicted molar refractivity (Wildman–Crippen MR) is 66.9 cm³/mol. The number of amides is 1. The number of nitrogens with zero attached hydrogens (tertiary/aromatic N) is 1. The molecule has 0 radical (unpaired) electrons. The normalized spacial score (nSPS) is 25.1. The second kappa shape index (κ2) is 6.10. The van der Waals surface area contributed by atoms with Crippen molar-refractivity contribution in [3.63, 3.8) is 0 Å². The van der Waals surface area contributed by atoms with Crippen LogP contribution in [0.1, 0.15) is 40.0 Å². The van der Waals surface area contributed by atoms with Crippen LogP contribution in [0.3, 0.4) is 0 Å². The number of rotatable bonds is 1. The Morgan fingerprint density at radius 3 is 2.10 bits per heavy atom. The molecule has 2 fully saturated rings. The monoisotopic (exact) mass is 317 g/mol. The molecule has 8 heteroatoms. The summed E-state index contributed by atoms with van der Waals surface area (Å²) in [6.45, 7) is 1.35. The zero-order valence-corrected chi connectivity index (χ0v) is 15.7. The minimum atomic E-state index is -4.73. The van der Waals surface area contributed by atoms with Crippen LogP contribution in [0.5, 0.6) is 0 Å². The molecule has 2 aliphatic rings. The maximum absolute atomic E-state index is 12.7. The van der Waals surface area contributed by atoms with Crippen LogP contribution in [0.15, 0.2) is 0 Å². The zero-order valence-electron chi connectivity index (χ0n) is 12.6. The molecule has 1 aliphatic heterocycles. The van der Waals surface area contributed by atoms with Gasteiger partial charge in [0.15, 0.2) is 0 Å². The average Bonchev–Trinajstić information content (AvgIpc) is 2.90. The van der Waals surface area contributed by atoms with E-state index in [0.29, 0.717) is 25.9 Å². The summed E-state index contributed by atoms with van der Waals surface area (Å²) in [6.07, 6.45) is 0.715. The molecular formula is C12H20BF3KNO2. The molecule has 0 N–H and O–H groups in total. The van der Waals surface area contributed by atoms with Crippen molar-refractivity contribution in [3.05, 3.63) is 0 Å². The number of likely N-dealkylation sites (tertiary alicyclic amines) is 1. The molecule has 110 valence electrons. The molecule has 1 atom stereocenters. The number of hydrogen-bond donors (Lipinski definition) is 0. The van der Waals surface area contributed by atoms with Crippen LogP contribution >= 0.6 is 0 Å². The van der Waals surface area contributed by atoms with E-state index in [2.05, 4.69) is 0 Å². The number of hydrogen-bond acceptors (Lipinski definition) is 2. The Morgan fingerprint density at radius 1 is 1.25 bits per heavy atom. The van der Waals surface area contributed by atoms with Gasteiger partial charge in [-0.3, -0.25) is 0 Å². The van der Waals surface area contributed by atoms with E-state index in [1.165, 1.54) is 4.90 Å². The van der Waals surface area contributed by atoms with Crippen LogP contribution < -0.4 is 51.4 Å². The van der Waals surface area contributed by atoms with E-state index >= 15 is 0 Å². The second-order valence-electron chi connectivity index (χ2n) is 6.77. The van der Waals surface area contributed by atoms with Crippen LogP contribution in [0.4, 0.5) is 17.7 Å². The topological polar surface area (TPSA) is 29.5 Å². The standard InChI is InChI=1S/C12H20BF3NO2.K/c1-11(2,3)19-10(18)17-6-4-12(5-7-17)8-9(12)13(14,15)16;/h9H,4-8H2,1-3H3;/q-1;+1. The van der Waals surface area contributed by atoms with Crippen LogP contribution in [0.25, 0.3) is 0 Å². The van der Waals surface area contributed by atoms with Crippen LogP contribution in [0.2, 0.25) is 5.82 Å². The Hall–Kier alpha value is 0.761. The van der Waals surface area contributed by atoms with Gasteiger partial charge in [0.1, 0.15) is 5.60 Å². The molecule has 0 aromatic rings. The summed E-state index contributed by atoms with van der Waals surface area (Å²) in [6, 6.07) is 0. The van der Waals surface area contributed by atoms with Crippen molar-refractivity contribution in [2.45, 2.75) is 51.5 Å². The molecular weight excluding hydrogens is 297 g/mol. The smallest absolute Gasteiger partial charge is 0.449 e. The molecule has 0 aromatic heterocycles. The first kappa shape index (κ1) is 18.8. The molecule has 3 nitrogen and oxygen atoms in total. The van der Waals surface area contributed by atoms with Crippen LogP contribution in [-0.4, -0.2) is 36.7 Å². The molecule has 1 spiro atoms. The Kier molecular flexibility index (Phi) is 5.74. The first-order valence-electron chi connectivity index (χ1n) is 6.71. The van der Waals surface area contributed by atoms with Crippen molar-refractivity contribution in [1.82, 2.24) is 4.90 Å². The van der Waals surface area contributed by atoms with E-state index in [1.54, 1.807) is 20.8 Å². The molecule has 0 aromatic carbocycles. The Labute approximate surface area is 160 Å². The molecule has 1 amide bonds. The van der Waals surface area contributed by atoms with Gasteiger partial charge >= 0.3 is 64.5 Å². The summed E-state index contributed by atoms with van der Waals surface area (Å²) in [7, 11) is 0. The fraction of sp³-hybridized carbons (Fsp3) is 0.917. The van der Waals surface area contributed by atoms with Crippen molar-refractivity contribution < 1.29 is 73.9 Å². The van der Waals surface area contributed by atoms with Crippen LogP contribution in [-0.2, 0) is 4.74 Å². The first-order valence-corrected chi connectivity index (χ1v) is 6.71. The average molecular weight is 317 g/mol. The third-order valence-electron chi connectivity index (χ3n) is 4.12. The Morgan fingerprint density at radius 2 is 1.75 bits per heavy atom. The van der Waals surface area contributed by atoms with E-state index in [-0.39, 0.29) is 57.8 Å². The fourth-order valence-electron chi connectivity index (χ4n) is 2.95. The van der Waals surface area contributed by atoms with Gasteiger partial charge in [0.25, 0.3) is 0 Å². The third-order valence-corrected chi connectivity index (χ3v) is 4.12. The second-order valence-corrected chi connectivity index (χ2v) is 6.77. The number of ether oxygens (including phenoxy) is 1. The summed E-state index contributed by atoms with van der Waals surface area (Å²) in [5.41, 5.74) is -1.14. The van der Waals surface area contributed by atoms with Crippen LogP contribution in [0, 0.1) is 5.41 Å². The predicted octanol–water partition coefficient (Wildman–Crippen LogP) is 0.629. The third kappa shape index (κ3) is 4.38. The number of halogens is 3. The van der Waals surface area contributed by atoms with Crippen molar-refractivity contribution >= 4 is 13.1 Å². The minimum Gasteiger partial charge on any atom is -0.449 e. The molecule has 1 aliphatic carbocycles. The molecule has 20 heavy (non-hydrogen) atoms. The SMILES string of the molecule is CC(C)(C)OC(=O)N1CCC2(CC1)CC2[B-](F)(F)F.[K+]. The van der Waals surface area contributed by atoms with Crippen molar-refractivity contribution in [2.75, 3.05) is 13.1 Å². The Balaban J connectivity index is 0.00000200. The quantitative estimate of drug-likeness (QED) is 0.664. The largest absolute Gasteiger partial charge is 1.00 e. The van der Waals surface area contributed by atoms with Gasteiger partial charge in [-0.1, -0.05) is 12.2 Å². The number of carbonyl (C=O) groups is 1. The minimum absolute atomic E-state index is 0. The van der Waals surface area contributed by atoms with E-state index in [9.17, 15) is 17.7 Å². The summed E-state index contributed by atoms with van der Waals surface area (Å²) >= 11 is 0. The van der Waals surface area contributed by atoms with Gasteiger partial charge in [-0.05, 0) is 39.0 Å². The van der Waals surface area contributed by atoms with Crippen molar-refractivity contribution in [1.29, 1.82) is 0 Å². The number of piperidine rings is 1. The summed E-state index contributed by atoms with van der Waals surface area (Å²) in [4.78, 5) is 13.3. The summed E-state index contributed by atoms with van der Waals surface area (Å²) in [5, 5.41) is 0.